The molecule has 4 nitrogen and oxygen atoms in total. The van der Waals surface area contributed by atoms with E-state index in [1.165, 1.54) is 5.57 Å². The summed E-state index contributed by atoms with van der Waals surface area (Å²) in [6.07, 6.45) is 7.64. The highest BCUT2D eigenvalue weighted by Gasteiger charge is 2.06. The van der Waals surface area contributed by atoms with E-state index < -0.39 is 0 Å². The number of aromatic amines is 1. The summed E-state index contributed by atoms with van der Waals surface area (Å²) in [5.74, 6) is 0. The van der Waals surface area contributed by atoms with Gasteiger partial charge < -0.3 is 5.32 Å². The molecule has 0 aromatic carbocycles. The molecule has 0 spiro atoms. The summed E-state index contributed by atoms with van der Waals surface area (Å²) in [6.45, 7) is 5.87. The van der Waals surface area contributed by atoms with E-state index in [1.54, 1.807) is 6.20 Å². The van der Waals surface area contributed by atoms with Crippen molar-refractivity contribution in [1.29, 1.82) is 0 Å². The highest BCUT2D eigenvalue weighted by Crippen LogP contribution is 2.19. The van der Waals surface area contributed by atoms with Crippen molar-refractivity contribution in [2.75, 3.05) is 6.54 Å². The van der Waals surface area contributed by atoms with E-state index >= 15 is 0 Å². The van der Waals surface area contributed by atoms with Gasteiger partial charge in [0, 0.05) is 36.6 Å². The maximum atomic E-state index is 4.12. The Morgan fingerprint density at radius 2 is 2.28 bits per heavy atom. The fraction of sp³-hybridized carbons (Fsp3) is 0.286. The molecule has 94 valence electrons. The maximum Gasteiger partial charge on any atom is 0.0710 e. The van der Waals surface area contributed by atoms with Crippen LogP contribution in [-0.4, -0.2) is 21.7 Å². The molecular formula is C14H18N4. The quantitative estimate of drug-likeness (QED) is 0.625. The third-order valence-electron chi connectivity index (χ3n) is 2.64. The predicted molar refractivity (Wildman–Crippen MR) is 73.0 cm³/mol. The zero-order chi connectivity index (χ0) is 12.8. The van der Waals surface area contributed by atoms with E-state index in [0.717, 1.165) is 29.9 Å². The first kappa shape index (κ1) is 12.5. The molecule has 18 heavy (non-hydrogen) atoms. The van der Waals surface area contributed by atoms with Crippen LogP contribution in [0.2, 0.25) is 0 Å². The molecule has 0 fully saturated rings. The molecule has 2 aromatic heterocycles. The lowest BCUT2D eigenvalue weighted by molar-refractivity contribution is 0.758. The molecule has 0 atom stereocenters. The Bertz CT molecular complexity index is 510. The fourth-order valence-electron chi connectivity index (χ4n) is 1.69. The van der Waals surface area contributed by atoms with Gasteiger partial charge in [-0.2, -0.15) is 5.10 Å². The van der Waals surface area contributed by atoms with Crippen LogP contribution in [0, 0.1) is 0 Å². The van der Waals surface area contributed by atoms with Gasteiger partial charge in [0.2, 0.25) is 0 Å². The number of pyridine rings is 1. The monoisotopic (exact) mass is 242 g/mol. The number of H-pyrrole nitrogens is 1. The Hall–Kier alpha value is -1.94. The van der Waals surface area contributed by atoms with Crippen LogP contribution in [0.3, 0.4) is 0 Å². The van der Waals surface area contributed by atoms with Crippen LogP contribution in [0.4, 0.5) is 0 Å². The topological polar surface area (TPSA) is 53.6 Å². The van der Waals surface area contributed by atoms with Gasteiger partial charge >= 0.3 is 0 Å². The van der Waals surface area contributed by atoms with Gasteiger partial charge in [-0.15, -0.1) is 0 Å². The smallest absolute Gasteiger partial charge is 0.0710 e. The first-order valence-electron chi connectivity index (χ1n) is 6.04. The molecule has 2 aromatic rings. The third kappa shape index (κ3) is 3.28. The normalized spacial score (nSPS) is 10.3. The Morgan fingerprint density at radius 3 is 3.00 bits per heavy atom. The number of hydrogen-bond donors (Lipinski definition) is 2. The lowest BCUT2D eigenvalue weighted by atomic mass is 10.1. The van der Waals surface area contributed by atoms with Gasteiger partial charge in [0.15, 0.2) is 0 Å². The Labute approximate surface area is 107 Å². The van der Waals surface area contributed by atoms with Crippen LogP contribution < -0.4 is 5.32 Å². The number of allylic oxidation sites excluding steroid dienone is 1. The first-order valence-corrected chi connectivity index (χ1v) is 6.04. The average molecular weight is 242 g/mol. The van der Waals surface area contributed by atoms with E-state index in [0.29, 0.717) is 0 Å². The third-order valence-corrected chi connectivity index (χ3v) is 2.64. The van der Waals surface area contributed by atoms with Crippen molar-refractivity contribution < 1.29 is 0 Å². The summed E-state index contributed by atoms with van der Waals surface area (Å²) in [7, 11) is 0. The second-order valence-corrected chi connectivity index (χ2v) is 4.42. The number of hydrogen-bond acceptors (Lipinski definition) is 3. The standard InChI is InChI=1S/C14H18N4/c1-11(2)5-7-16-9-13-10-17-18-14(13)12-4-3-6-15-8-12/h3-6,8,10,16H,7,9H2,1-2H3,(H,17,18). The van der Waals surface area contributed by atoms with Crippen LogP contribution in [0.5, 0.6) is 0 Å². The molecule has 4 heteroatoms. The van der Waals surface area contributed by atoms with Gasteiger partial charge in [0.05, 0.1) is 11.9 Å². The molecule has 0 saturated carbocycles. The molecule has 2 rings (SSSR count). The summed E-state index contributed by atoms with van der Waals surface area (Å²) < 4.78 is 0. The molecule has 0 aliphatic carbocycles. The zero-order valence-electron chi connectivity index (χ0n) is 10.8. The minimum absolute atomic E-state index is 0.796. The molecule has 0 bridgehead atoms. The molecule has 0 saturated heterocycles. The minimum Gasteiger partial charge on any atom is -0.309 e. The van der Waals surface area contributed by atoms with Gasteiger partial charge in [0.1, 0.15) is 0 Å². The SMILES string of the molecule is CC(C)=CCNCc1cn[nH]c1-c1cccnc1. The van der Waals surface area contributed by atoms with E-state index in [1.807, 2.05) is 24.5 Å². The summed E-state index contributed by atoms with van der Waals surface area (Å²) in [6, 6.07) is 3.96. The van der Waals surface area contributed by atoms with Crippen molar-refractivity contribution in [3.8, 4) is 11.3 Å². The average Bonchev–Trinajstić information content (AvgIpc) is 2.84. The van der Waals surface area contributed by atoms with Gasteiger partial charge in [-0.25, -0.2) is 0 Å². The lowest BCUT2D eigenvalue weighted by Gasteiger charge is -2.03. The van der Waals surface area contributed by atoms with Gasteiger partial charge in [-0.05, 0) is 26.0 Å². The van der Waals surface area contributed by atoms with Crippen molar-refractivity contribution >= 4 is 0 Å². The van der Waals surface area contributed by atoms with Gasteiger partial charge in [-0.3, -0.25) is 10.1 Å². The predicted octanol–water partition coefficient (Wildman–Crippen LogP) is 2.53. The molecule has 0 aliphatic heterocycles. The molecule has 0 unspecified atom stereocenters. The highest BCUT2D eigenvalue weighted by molar-refractivity contribution is 5.61. The van der Waals surface area contributed by atoms with Crippen molar-refractivity contribution in [2.45, 2.75) is 20.4 Å². The van der Waals surface area contributed by atoms with Gasteiger partial charge in [0.25, 0.3) is 0 Å². The van der Waals surface area contributed by atoms with Crippen molar-refractivity contribution in [3.63, 3.8) is 0 Å². The molecular weight excluding hydrogens is 224 g/mol. The first-order chi connectivity index (χ1) is 8.77. The lowest BCUT2D eigenvalue weighted by Crippen LogP contribution is -2.13. The number of nitrogens with one attached hydrogen (secondary N) is 2. The summed E-state index contributed by atoms with van der Waals surface area (Å²) in [4.78, 5) is 4.12. The highest BCUT2D eigenvalue weighted by atomic mass is 15.1. The zero-order valence-corrected chi connectivity index (χ0v) is 10.8. The number of nitrogens with zero attached hydrogens (tertiary/aromatic N) is 2. The van der Waals surface area contributed by atoms with E-state index in [4.69, 9.17) is 0 Å². The number of rotatable bonds is 5. The Kier molecular flexibility index (Phi) is 4.25. The summed E-state index contributed by atoms with van der Waals surface area (Å²) >= 11 is 0. The molecule has 2 heterocycles. The molecule has 0 aliphatic rings. The Balaban J connectivity index is 2.03. The largest absolute Gasteiger partial charge is 0.309 e. The minimum atomic E-state index is 0.796. The van der Waals surface area contributed by atoms with E-state index in [-0.39, 0.29) is 0 Å². The van der Waals surface area contributed by atoms with E-state index in [9.17, 15) is 0 Å². The van der Waals surface area contributed by atoms with Crippen LogP contribution in [0.1, 0.15) is 19.4 Å². The Morgan fingerprint density at radius 1 is 1.39 bits per heavy atom. The van der Waals surface area contributed by atoms with Gasteiger partial charge in [-0.1, -0.05) is 11.6 Å². The van der Waals surface area contributed by atoms with Crippen molar-refractivity contribution in [1.82, 2.24) is 20.5 Å². The number of aromatic nitrogens is 3. The fourth-order valence-corrected chi connectivity index (χ4v) is 1.69. The summed E-state index contributed by atoms with van der Waals surface area (Å²) in [5, 5.41) is 10.5. The second-order valence-electron chi connectivity index (χ2n) is 4.42. The molecule has 0 amide bonds. The molecule has 0 radical (unpaired) electrons. The van der Waals surface area contributed by atoms with Crippen LogP contribution in [0.25, 0.3) is 11.3 Å². The molecule has 2 N–H and O–H groups in total. The van der Waals surface area contributed by atoms with E-state index in [2.05, 4.69) is 40.4 Å². The van der Waals surface area contributed by atoms with Crippen molar-refractivity contribution in [3.05, 3.63) is 47.9 Å². The second kappa shape index (κ2) is 6.12. The van der Waals surface area contributed by atoms with Crippen molar-refractivity contribution in [2.24, 2.45) is 0 Å². The summed E-state index contributed by atoms with van der Waals surface area (Å²) in [5.41, 5.74) is 4.58. The van der Waals surface area contributed by atoms with Crippen LogP contribution >= 0.6 is 0 Å². The van der Waals surface area contributed by atoms with Crippen LogP contribution in [-0.2, 0) is 6.54 Å². The van der Waals surface area contributed by atoms with Crippen LogP contribution in [0.15, 0.2) is 42.4 Å². The maximum absolute atomic E-state index is 4.12.